The molecule has 0 aliphatic heterocycles. The van der Waals surface area contributed by atoms with E-state index in [9.17, 15) is 14.4 Å². The summed E-state index contributed by atoms with van der Waals surface area (Å²) < 4.78 is 16.9. The van der Waals surface area contributed by atoms with Crippen LogP contribution in [-0.4, -0.2) is 37.2 Å². The molecule has 0 rings (SSSR count). The van der Waals surface area contributed by atoms with Gasteiger partial charge in [0.15, 0.2) is 6.10 Å². The van der Waals surface area contributed by atoms with E-state index in [1.807, 2.05) is 0 Å². The van der Waals surface area contributed by atoms with Crippen molar-refractivity contribution >= 4 is 17.9 Å². The van der Waals surface area contributed by atoms with E-state index in [0.717, 1.165) is 141 Å². The average molecular weight is 1150 g/mol. The molecule has 0 spiro atoms. The van der Waals surface area contributed by atoms with Crippen molar-refractivity contribution in [2.75, 3.05) is 13.2 Å². The van der Waals surface area contributed by atoms with Crippen LogP contribution < -0.4 is 0 Å². The molecular formula is C77H126O6. The van der Waals surface area contributed by atoms with Crippen LogP contribution in [0.4, 0.5) is 0 Å². The number of allylic oxidation sites excluding steroid dienone is 24. The summed E-state index contributed by atoms with van der Waals surface area (Å²) in [7, 11) is 0. The van der Waals surface area contributed by atoms with Gasteiger partial charge in [0, 0.05) is 19.3 Å². The van der Waals surface area contributed by atoms with Crippen LogP contribution in [0.3, 0.4) is 0 Å². The molecule has 0 aliphatic rings. The zero-order valence-corrected chi connectivity index (χ0v) is 53.9. The minimum atomic E-state index is -0.795. The first-order chi connectivity index (χ1) is 41.0. The third-order valence-corrected chi connectivity index (χ3v) is 14.3. The molecule has 0 fully saturated rings. The lowest BCUT2D eigenvalue weighted by Crippen LogP contribution is -2.30. The highest BCUT2D eigenvalue weighted by molar-refractivity contribution is 5.71. The predicted molar refractivity (Wildman–Crippen MR) is 362 cm³/mol. The lowest BCUT2D eigenvalue weighted by Gasteiger charge is -2.18. The molecule has 0 saturated heterocycles. The molecule has 0 aliphatic carbocycles. The van der Waals surface area contributed by atoms with Crippen LogP contribution in [0.25, 0.3) is 0 Å². The molecule has 470 valence electrons. The molecule has 83 heavy (non-hydrogen) atoms. The maximum atomic E-state index is 12.9. The van der Waals surface area contributed by atoms with Gasteiger partial charge in [-0.25, -0.2) is 0 Å². The first-order valence-corrected chi connectivity index (χ1v) is 34.3. The van der Waals surface area contributed by atoms with Crippen LogP contribution >= 0.6 is 0 Å². The quantitative estimate of drug-likeness (QED) is 0.0261. The Morgan fingerprint density at radius 2 is 0.470 bits per heavy atom. The van der Waals surface area contributed by atoms with Gasteiger partial charge in [-0.05, 0) is 128 Å². The maximum Gasteiger partial charge on any atom is 0.306 e. The smallest absolute Gasteiger partial charge is 0.306 e. The van der Waals surface area contributed by atoms with E-state index >= 15 is 0 Å². The minimum Gasteiger partial charge on any atom is -0.462 e. The lowest BCUT2D eigenvalue weighted by atomic mass is 10.1. The molecule has 0 aromatic rings. The van der Waals surface area contributed by atoms with Gasteiger partial charge in [0.05, 0.1) is 0 Å². The Balaban J connectivity index is 4.27. The molecule has 0 radical (unpaired) electrons. The fourth-order valence-corrected chi connectivity index (χ4v) is 9.21. The van der Waals surface area contributed by atoms with Gasteiger partial charge in [-0.15, -0.1) is 0 Å². The molecule has 0 N–H and O–H groups in total. The topological polar surface area (TPSA) is 78.9 Å². The standard InChI is InChI=1S/C77H126O6/c1-4-7-10-13-16-19-21-23-25-27-29-31-32-33-34-35-36-37-38-39-40-41-42-43-44-46-47-49-51-53-55-58-61-64-67-70-76(79)82-73-74(72-81-75(78)69-66-63-60-57-18-15-12-9-6-3)83-77(80)71-68-65-62-59-56-54-52-50-48-45-30-28-26-24-22-20-17-14-11-8-5-2/h7,10,16,19,22-25,28-31,33-34,36-37,39-40,42-43,46-47,51,53,74H,4-6,8-9,11-15,17-18,20-21,26-27,32,35,38,41,44-45,48-50,52,54-73H2,1-3H3/b10-7-,19-16-,24-22-,25-23-,30-28-,31-29-,34-33-,37-36-,40-39-,43-42-,47-46-,53-51-. The molecule has 0 bridgehead atoms. The lowest BCUT2D eigenvalue weighted by molar-refractivity contribution is -0.167. The van der Waals surface area contributed by atoms with Crippen LogP contribution in [0, 0.1) is 0 Å². The molecule has 0 heterocycles. The van der Waals surface area contributed by atoms with Gasteiger partial charge < -0.3 is 14.2 Å². The predicted octanol–water partition coefficient (Wildman–Crippen LogP) is 23.9. The van der Waals surface area contributed by atoms with Crippen molar-refractivity contribution in [3.05, 3.63) is 146 Å². The van der Waals surface area contributed by atoms with Gasteiger partial charge in [0.1, 0.15) is 13.2 Å². The van der Waals surface area contributed by atoms with Crippen molar-refractivity contribution in [2.45, 2.75) is 309 Å². The number of rotatable bonds is 61. The van der Waals surface area contributed by atoms with Gasteiger partial charge in [0.25, 0.3) is 0 Å². The van der Waals surface area contributed by atoms with Crippen LogP contribution in [0.15, 0.2) is 146 Å². The molecule has 1 atom stereocenters. The molecule has 1 unspecified atom stereocenters. The second-order valence-corrected chi connectivity index (χ2v) is 22.4. The van der Waals surface area contributed by atoms with E-state index < -0.39 is 6.10 Å². The van der Waals surface area contributed by atoms with E-state index in [1.165, 1.54) is 122 Å². The van der Waals surface area contributed by atoms with E-state index in [-0.39, 0.29) is 31.1 Å². The fraction of sp³-hybridized carbons (Fsp3) is 0.649. The summed E-state index contributed by atoms with van der Waals surface area (Å²) in [4.78, 5) is 38.2. The van der Waals surface area contributed by atoms with Gasteiger partial charge >= 0.3 is 17.9 Å². The van der Waals surface area contributed by atoms with Gasteiger partial charge in [0.2, 0.25) is 0 Å². The summed E-state index contributed by atoms with van der Waals surface area (Å²) in [5.41, 5.74) is 0. The molecular weight excluding hydrogens is 1020 g/mol. The molecule has 0 aromatic heterocycles. The van der Waals surface area contributed by atoms with Crippen LogP contribution in [-0.2, 0) is 28.6 Å². The summed E-state index contributed by atoms with van der Waals surface area (Å²) >= 11 is 0. The first-order valence-electron chi connectivity index (χ1n) is 34.3. The van der Waals surface area contributed by atoms with Crippen LogP contribution in [0.5, 0.6) is 0 Å². The molecule has 6 nitrogen and oxygen atoms in total. The van der Waals surface area contributed by atoms with Crippen LogP contribution in [0.1, 0.15) is 303 Å². The largest absolute Gasteiger partial charge is 0.462 e. The van der Waals surface area contributed by atoms with E-state index in [0.29, 0.717) is 19.3 Å². The zero-order valence-electron chi connectivity index (χ0n) is 53.9. The second kappa shape index (κ2) is 69.8. The Morgan fingerprint density at radius 1 is 0.253 bits per heavy atom. The molecule has 6 heteroatoms. The highest BCUT2D eigenvalue weighted by Crippen LogP contribution is 2.15. The molecule has 0 aromatic carbocycles. The average Bonchev–Trinajstić information content (AvgIpc) is 3.49. The van der Waals surface area contributed by atoms with Crippen molar-refractivity contribution in [3.8, 4) is 0 Å². The monoisotopic (exact) mass is 1150 g/mol. The molecule has 0 saturated carbocycles. The number of unbranched alkanes of at least 4 members (excludes halogenated alkanes) is 26. The van der Waals surface area contributed by atoms with E-state index in [1.54, 1.807) is 0 Å². The van der Waals surface area contributed by atoms with Crippen molar-refractivity contribution in [1.82, 2.24) is 0 Å². The first kappa shape index (κ1) is 78.3. The van der Waals surface area contributed by atoms with Crippen LogP contribution in [0.2, 0.25) is 0 Å². The Morgan fingerprint density at radius 3 is 0.735 bits per heavy atom. The zero-order chi connectivity index (χ0) is 59.9. The fourth-order valence-electron chi connectivity index (χ4n) is 9.21. The maximum absolute atomic E-state index is 12.9. The highest BCUT2D eigenvalue weighted by Gasteiger charge is 2.19. The number of carbonyl (C=O) groups excluding carboxylic acids is 3. The van der Waals surface area contributed by atoms with Gasteiger partial charge in [-0.2, -0.15) is 0 Å². The summed E-state index contributed by atoms with van der Waals surface area (Å²) in [5.74, 6) is -0.920. The Hall–Kier alpha value is -4.71. The Labute approximate surface area is 512 Å². The summed E-state index contributed by atoms with van der Waals surface area (Å²) in [6, 6.07) is 0. The summed E-state index contributed by atoms with van der Waals surface area (Å²) in [6.07, 6.45) is 100. The number of carbonyl (C=O) groups is 3. The summed E-state index contributed by atoms with van der Waals surface area (Å²) in [5, 5.41) is 0. The molecule has 0 amide bonds. The van der Waals surface area contributed by atoms with Crippen molar-refractivity contribution in [1.29, 1.82) is 0 Å². The van der Waals surface area contributed by atoms with E-state index in [2.05, 4.69) is 167 Å². The van der Waals surface area contributed by atoms with Gasteiger partial charge in [-0.1, -0.05) is 301 Å². The van der Waals surface area contributed by atoms with Crippen molar-refractivity contribution in [2.24, 2.45) is 0 Å². The third-order valence-electron chi connectivity index (χ3n) is 14.3. The second-order valence-electron chi connectivity index (χ2n) is 22.4. The Kier molecular flexibility index (Phi) is 65.8. The Bertz CT molecular complexity index is 1800. The minimum absolute atomic E-state index is 0.0896. The van der Waals surface area contributed by atoms with Crippen molar-refractivity contribution < 1.29 is 28.6 Å². The third kappa shape index (κ3) is 68.0. The normalized spacial score (nSPS) is 13.0. The van der Waals surface area contributed by atoms with Crippen molar-refractivity contribution in [3.63, 3.8) is 0 Å². The number of ether oxygens (including phenoxy) is 3. The van der Waals surface area contributed by atoms with E-state index in [4.69, 9.17) is 14.2 Å². The number of hydrogen-bond acceptors (Lipinski definition) is 6. The number of esters is 3. The SMILES string of the molecule is CC/C=C\C/C=C\C/C=C\C/C=C\C/C=C\C/C=C\C/C=C\C/C=C\C/C=C\C/C=C\CCCCCCC(=O)OCC(COC(=O)CCCCCCCCCCC)OC(=O)CCCCCCCCCCC/C=C\C/C=C\CCCCCCC. The highest BCUT2D eigenvalue weighted by atomic mass is 16.6. The van der Waals surface area contributed by atoms with Gasteiger partial charge in [-0.3, -0.25) is 14.4 Å². The number of hydrogen-bond donors (Lipinski definition) is 0. The summed E-state index contributed by atoms with van der Waals surface area (Å²) in [6.45, 7) is 6.48.